The molecule has 98 valence electrons. The molecule has 0 fully saturated rings. The molecule has 19 heavy (non-hydrogen) atoms. The zero-order valence-corrected chi connectivity index (χ0v) is 10.1. The van der Waals surface area contributed by atoms with Gasteiger partial charge in [-0.2, -0.15) is 0 Å². The van der Waals surface area contributed by atoms with Crippen LogP contribution >= 0.6 is 0 Å². The topological polar surface area (TPSA) is 98.3 Å². The number of nitrogens with one attached hydrogen (secondary N) is 1. The minimum atomic E-state index is -0.484. The molecule has 0 aliphatic heterocycles. The molecule has 1 amide bonds. The molecule has 0 bridgehead atoms. The number of anilines is 1. The summed E-state index contributed by atoms with van der Waals surface area (Å²) < 4.78 is 4.82. The Balaban J connectivity index is 1.97. The van der Waals surface area contributed by atoms with Crippen molar-refractivity contribution in [2.45, 2.75) is 13.3 Å². The standard InChI is InChI=1S/C12H11N3O4/c1-8-6-11(14-19-8)13-12(16)7-9-2-4-10(5-3-9)15(17)18/h2-6H,7H2,1H3,(H,13,14,16). The van der Waals surface area contributed by atoms with Crippen LogP contribution in [0, 0.1) is 17.0 Å². The summed E-state index contributed by atoms with van der Waals surface area (Å²) in [5.41, 5.74) is 0.680. The third kappa shape index (κ3) is 3.38. The van der Waals surface area contributed by atoms with Gasteiger partial charge in [-0.05, 0) is 12.5 Å². The molecule has 2 aromatic rings. The van der Waals surface area contributed by atoms with Crippen molar-refractivity contribution in [2.75, 3.05) is 5.32 Å². The maximum atomic E-state index is 11.7. The first-order valence-electron chi connectivity index (χ1n) is 5.51. The van der Waals surface area contributed by atoms with E-state index < -0.39 is 4.92 Å². The van der Waals surface area contributed by atoms with Crippen molar-refractivity contribution < 1.29 is 14.2 Å². The molecule has 0 atom stereocenters. The summed E-state index contributed by atoms with van der Waals surface area (Å²) in [4.78, 5) is 21.7. The predicted octanol–water partition coefficient (Wildman–Crippen LogP) is 2.07. The molecule has 0 aliphatic carbocycles. The van der Waals surface area contributed by atoms with Crippen LogP contribution in [0.4, 0.5) is 11.5 Å². The van der Waals surface area contributed by atoms with Gasteiger partial charge in [0.1, 0.15) is 5.76 Å². The van der Waals surface area contributed by atoms with Gasteiger partial charge in [-0.1, -0.05) is 17.3 Å². The highest BCUT2D eigenvalue weighted by Crippen LogP contribution is 2.13. The number of aromatic nitrogens is 1. The maximum absolute atomic E-state index is 11.7. The number of rotatable bonds is 4. The van der Waals surface area contributed by atoms with E-state index >= 15 is 0 Å². The minimum absolute atomic E-state index is 0.00344. The smallest absolute Gasteiger partial charge is 0.269 e. The van der Waals surface area contributed by atoms with E-state index in [1.165, 1.54) is 12.1 Å². The first kappa shape index (κ1) is 12.7. The van der Waals surface area contributed by atoms with E-state index in [4.69, 9.17) is 4.52 Å². The van der Waals surface area contributed by atoms with Crippen molar-refractivity contribution in [3.63, 3.8) is 0 Å². The molecule has 1 aromatic heterocycles. The largest absolute Gasteiger partial charge is 0.360 e. The summed E-state index contributed by atoms with van der Waals surface area (Å²) in [5.74, 6) is 0.692. The molecule has 7 nitrogen and oxygen atoms in total. The highest BCUT2D eigenvalue weighted by atomic mass is 16.6. The monoisotopic (exact) mass is 261 g/mol. The Morgan fingerprint density at radius 3 is 2.63 bits per heavy atom. The highest BCUT2D eigenvalue weighted by Gasteiger charge is 2.09. The summed E-state index contributed by atoms with van der Waals surface area (Å²) in [5, 5.41) is 16.7. The Labute approximate surface area is 108 Å². The normalized spacial score (nSPS) is 10.2. The van der Waals surface area contributed by atoms with E-state index in [0.717, 1.165) is 0 Å². The van der Waals surface area contributed by atoms with E-state index in [-0.39, 0.29) is 18.0 Å². The molecule has 0 saturated carbocycles. The minimum Gasteiger partial charge on any atom is -0.360 e. The van der Waals surface area contributed by atoms with Crippen LogP contribution in [0.1, 0.15) is 11.3 Å². The number of carbonyl (C=O) groups excluding carboxylic acids is 1. The van der Waals surface area contributed by atoms with Crippen molar-refractivity contribution in [3.8, 4) is 0 Å². The molecule has 0 spiro atoms. The van der Waals surface area contributed by atoms with Crippen LogP contribution in [0.25, 0.3) is 0 Å². The Morgan fingerprint density at radius 1 is 1.42 bits per heavy atom. The second-order valence-corrected chi connectivity index (χ2v) is 3.97. The van der Waals surface area contributed by atoms with Crippen LogP contribution in [0.5, 0.6) is 0 Å². The van der Waals surface area contributed by atoms with E-state index in [9.17, 15) is 14.9 Å². The lowest BCUT2D eigenvalue weighted by atomic mass is 10.1. The van der Waals surface area contributed by atoms with Gasteiger partial charge in [-0.15, -0.1) is 0 Å². The van der Waals surface area contributed by atoms with E-state index in [1.54, 1.807) is 25.1 Å². The number of carbonyl (C=O) groups is 1. The fourth-order valence-electron chi connectivity index (χ4n) is 1.53. The second-order valence-electron chi connectivity index (χ2n) is 3.97. The first-order chi connectivity index (χ1) is 9.04. The average Bonchev–Trinajstić information content (AvgIpc) is 2.75. The Kier molecular flexibility index (Phi) is 3.56. The number of amides is 1. The molecular formula is C12H11N3O4. The Hall–Kier alpha value is -2.70. The van der Waals surface area contributed by atoms with Crippen LogP contribution < -0.4 is 5.32 Å². The molecule has 1 aromatic carbocycles. The van der Waals surface area contributed by atoms with Gasteiger partial charge < -0.3 is 9.84 Å². The highest BCUT2D eigenvalue weighted by molar-refractivity contribution is 5.91. The summed E-state index contributed by atoms with van der Waals surface area (Å²) in [6.07, 6.45) is 0.115. The Morgan fingerprint density at radius 2 is 2.11 bits per heavy atom. The first-order valence-corrected chi connectivity index (χ1v) is 5.51. The lowest BCUT2D eigenvalue weighted by Gasteiger charge is -2.01. The van der Waals surface area contributed by atoms with Crippen LogP contribution in [0.2, 0.25) is 0 Å². The number of aryl methyl sites for hydroxylation is 1. The van der Waals surface area contributed by atoms with Crippen molar-refractivity contribution in [1.29, 1.82) is 0 Å². The van der Waals surface area contributed by atoms with Gasteiger partial charge in [0.25, 0.3) is 5.69 Å². The number of nitrogens with zero attached hydrogens (tertiary/aromatic N) is 2. The zero-order chi connectivity index (χ0) is 13.8. The molecule has 0 aliphatic rings. The van der Waals surface area contributed by atoms with Gasteiger partial charge >= 0.3 is 0 Å². The Bertz CT molecular complexity index is 604. The van der Waals surface area contributed by atoms with Gasteiger partial charge in [0.05, 0.1) is 11.3 Å². The SMILES string of the molecule is Cc1cc(NC(=O)Cc2ccc([N+](=O)[O-])cc2)no1. The zero-order valence-electron chi connectivity index (χ0n) is 10.1. The van der Waals surface area contributed by atoms with E-state index in [2.05, 4.69) is 10.5 Å². The molecule has 2 rings (SSSR count). The third-order valence-electron chi connectivity index (χ3n) is 2.41. The number of non-ortho nitro benzene ring substituents is 1. The van der Waals surface area contributed by atoms with E-state index in [0.29, 0.717) is 17.1 Å². The average molecular weight is 261 g/mol. The van der Waals surface area contributed by atoms with Gasteiger partial charge in [0.15, 0.2) is 5.82 Å². The fraction of sp³-hybridized carbons (Fsp3) is 0.167. The van der Waals surface area contributed by atoms with Gasteiger partial charge in [-0.25, -0.2) is 0 Å². The lowest BCUT2D eigenvalue weighted by Crippen LogP contribution is -2.14. The molecule has 1 heterocycles. The summed E-state index contributed by atoms with van der Waals surface area (Å²) in [7, 11) is 0. The molecule has 1 N–H and O–H groups in total. The van der Waals surface area contributed by atoms with Crippen LogP contribution in [-0.2, 0) is 11.2 Å². The molecular weight excluding hydrogens is 250 g/mol. The number of benzene rings is 1. The quantitative estimate of drug-likeness (QED) is 0.671. The summed E-state index contributed by atoms with van der Waals surface area (Å²) in [6.45, 7) is 1.72. The number of hydrogen-bond acceptors (Lipinski definition) is 5. The van der Waals surface area contributed by atoms with Gasteiger partial charge in [0, 0.05) is 18.2 Å². The lowest BCUT2D eigenvalue weighted by molar-refractivity contribution is -0.384. The van der Waals surface area contributed by atoms with Crippen LogP contribution in [-0.4, -0.2) is 16.0 Å². The summed E-state index contributed by atoms with van der Waals surface area (Å²) >= 11 is 0. The number of nitro groups is 1. The maximum Gasteiger partial charge on any atom is 0.269 e. The van der Waals surface area contributed by atoms with Crippen molar-refractivity contribution in [3.05, 3.63) is 51.8 Å². The van der Waals surface area contributed by atoms with Crippen LogP contribution in [0.15, 0.2) is 34.9 Å². The van der Waals surface area contributed by atoms with Crippen molar-refractivity contribution >= 4 is 17.4 Å². The van der Waals surface area contributed by atoms with Gasteiger partial charge in [0.2, 0.25) is 5.91 Å². The fourth-order valence-corrected chi connectivity index (χ4v) is 1.53. The van der Waals surface area contributed by atoms with Crippen molar-refractivity contribution in [2.24, 2.45) is 0 Å². The molecule has 7 heteroatoms. The van der Waals surface area contributed by atoms with Crippen LogP contribution in [0.3, 0.4) is 0 Å². The molecule has 0 saturated heterocycles. The predicted molar refractivity (Wildman–Crippen MR) is 66.7 cm³/mol. The second kappa shape index (κ2) is 5.30. The molecule has 0 unspecified atom stereocenters. The third-order valence-corrected chi connectivity index (χ3v) is 2.41. The molecule has 0 radical (unpaired) electrons. The van der Waals surface area contributed by atoms with E-state index in [1.807, 2.05) is 0 Å². The number of nitro benzene ring substituents is 1. The summed E-state index contributed by atoms with van der Waals surface area (Å²) in [6, 6.07) is 7.43. The number of hydrogen-bond donors (Lipinski definition) is 1. The van der Waals surface area contributed by atoms with Crippen molar-refractivity contribution in [1.82, 2.24) is 5.16 Å². The van der Waals surface area contributed by atoms with Gasteiger partial charge in [-0.3, -0.25) is 14.9 Å².